The van der Waals surface area contributed by atoms with E-state index in [2.05, 4.69) is 15.9 Å². The first kappa shape index (κ1) is 12.0. The van der Waals surface area contributed by atoms with E-state index in [9.17, 15) is 4.79 Å². The molecule has 15 heavy (non-hydrogen) atoms. The smallest absolute Gasteiger partial charge is 0.154 e. The van der Waals surface area contributed by atoms with Gasteiger partial charge in [0.05, 0.1) is 24.3 Å². The Labute approximate surface area is 97.5 Å². The van der Waals surface area contributed by atoms with Crippen LogP contribution in [-0.4, -0.2) is 20.5 Å². The van der Waals surface area contributed by atoms with Gasteiger partial charge in [-0.3, -0.25) is 4.79 Å². The van der Waals surface area contributed by atoms with Crippen LogP contribution in [0.4, 0.5) is 0 Å². The number of carbonyl (C=O) groups excluding carboxylic acids is 1. The lowest BCUT2D eigenvalue weighted by atomic mass is 10.0. The van der Waals surface area contributed by atoms with Crippen LogP contribution in [0.2, 0.25) is 0 Å². The minimum absolute atomic E-state index is 0.558. The average molecular weight is 273 g/mol. The molecule has 0 amide bonds. The summed E-state index contributed by atoms with van der Waals surface area (Å²) in [5, 5.41) is 0. The van der Waals surface area contributed by atoms with Crippen molar-refractivity contribution in [2.45, 2.75) is 13.8 Å². The molecule has 0 heterocycles. The van der Waals surface area contributed by atoms with Gasteiger partial charge in [0, 0.05) is 5.56 Å². The maximum Gasteiger partial charge on any atom is 0.154 e. The van der Waals surface area contributed by atoms with Crippen molar-refractivity contribution in [3.8, 4) is 11.5 Å². The highest BCUT2D eigenvalue weighted by Crippen LogP contribution is 2.40. The van der Waals surface area contributed by atoms with Crippen LogP contribution in [0, 0.1) is 13.8 Å². The average Bonchev–Trinajstić information content (AvgIpc) is 2.23. The third kappa shape index (κ3) is 1.86. The fourth-order valence-electron chi connectivity index (χ4n) is 1.58. The molecule has 0 radical (unpaired) electrons. The van der Waals surface area contributed by atoms with Gasteiger partial charge in [0.2, 0.25) is 0 Å². The number of halogens is 1. The maximum atomic E-state index is 11.0. The van der Waals surface area contributed by atoms with Crippen molar-refractivity contribution < 1.29 is 14.3 Å². The molecule has 0 atom stereocenters. The summed E-state index contributed by atoms with van der Waals surface area (Å²) in [7, 11) is 3.13. The van der Waals surface area contributed by atoms with E-state index in [0.717, 1.165) is 21.9 Å². The van der Waals surface area contributed by atoms with Gasteiger partial charge in [-0.25, -0.2) is 0 Å². The Kier molecular flexibility index (Phi) is 3.74. The fraction of sp³-hybridized carbons (Fsp3) is 0.364. The van der Waals surface area contributed by atoms with E-state index >= 15 is 0 Å². The molecule has 0 bridgehead atoms. The Hall–Kier alpha value is -1.03. The lowest BCUT2D eigenvalue weighted by Gasteiger charge is -2.16. The van der Waals surface area contributed by atoms with E-state index in [1.807, 2.05) is 13.8 Å². The largest absolute Gasteiger partial charge is 0.496 e. The molecule has 0 saturated heterocycles. The monoisotopic (exact) mass is 272 g/mol. The van der Waals surface area contributed by atoms with E-state index in [-0.39, 0.29) is 0 Å². The lowest BCUT2D eigenvalue weighted by molar-refractivity contribution is 0.111. The molecule has 4 heteroatoms. The fourth-order valence-corrected chi connectivity index (χ4v) is 2.25. The highest BCUT2D eigenvalue weighted by atomic mass is 79.9. The molecule has 0 aliphatic heterocycles. The van der Waals surface area contributed by atoms with E-state index in [1.54, 1.807) is 14.2 Å². The van der Waals surface area contributed by atoms with Crippen LogP contribution in [0.5, 0.6) is 11.5 Å². The second-order valence-electron chi connectivity index (χ2n) is 3.16. The van der Waals surface area contributed by atoms with Gasteiger partial charge in [-0.15, -0.1) is 0 Å². The van der Waals surface area contributed by atoms with Crippen LogP contribution < -0.4 is 9.47 Å². The SMILES string of the molecule is COc1c(C)c(OC)c(C=O)c(C)c1Br. The summed E-state index contributed by atoms with van der Waals surface area (Å²) < 4.78 is 11.3. The van der Waals surface area contributed by atoms with Gasteiger partial charge in [0.25, 0.3) is 0 Å². The Morgan fingerprint density at radius 2 is 1.60 bits per heavy atom. The number of hydrogen-bond acceptors (Lipinski definition) is 3. The zero-order chi connectivity index (χ0) is 11.6. The first-order valence-corrected chi connectivity index (χ1v) is 5.23. The summed E-state index contributed by atoms with van der Waals surface area (Å²) >= 11 is 3.41. The molecule has 0 saturated carbocycles. The number of ether oxygens (including phenoxy) is 2. The number of hydrogen-bond donors (Lipinski definition) is 0. The van der Waals surface area contributed by atoms with Crippen LogP contribution in [0.25, 0.3) is 0 Å². The molecule has 1 aromatic rings. The Morgan fingerprint density at radius 1 is 1.07 bits per heavy atom. The molecule has 0 N–H and O–H groups in total. The van der Waals surface area contributed by atoms with Crippen LogP contribution in [0.15, 0.2) is 4.47 Å². The molecule has 0 aliphatic carbocycles. The second-order valence-corrected chi connectivity index (χ2v) is 3.96. The molecule has 0 unspecified atom stereocenters. The van der Waals surface area contributed by atoms with Crippen molar-refractivity contribution in [3.63, 3.8) is 0 Å². The number of carbonyl (C=O) groups is 1. The van der Waals surface area contributed by atoms with Crippen molar-refractivity contribution >= 4 is 22.2 Å². The predicted molar refractivity (Wildman–Crippen MR) is 62.1 cm³/mol. The molecule has 0 aliphatic rings. The maximum absolute atomic E-state index is 11.0. The van der Waals surface area contributed by atoms with Gasteiger partial charge in [-0.05, 0) is 35.3 Å². The minimum Gasteiger partial charge on any atom is -0.496 e. The molecule has 0 fully saturated rings. The van der Waals surface area contributed by atoms with Crippen molar-refractivity contribution in [2.24, 2.45) is 0 Å². The van der Waals surface area contributed by atoms with Gasteiger partial charge in [-0.2, -0.15) is 0 Å². The zero-order valence-corrected chi connectivity index (χ0v) is 10.8. The van der Waals surface area contributed by atoms with Gasteiger partial charge < -0.3 is 9.47 Å². The molecular weight excluding hydrogens is 260 g/mol. The summed E-state index contributed by atoms with van der Waals surface area (Å²) in [6.45, 7) is 3.70. The summed E-state index contributed by atoms with van der Waals surface area (Å²) in [5.74, 6) is 1.28. The zero-order valence-electron chi connectivity index (χ0n) is 9.18. The molecule has 0 spiro atoms. The molecule has 3 nitrogen and oxygen atoms in total. The van der Waals surface area contributed by atoms with E-state index in [4.69, 9.17) is 9.47 Å². The Balaban J connectivity index is 3.64. The van der Waals surface area contributed by atoms with Gasteiger partial charge >= 0.3 is 0 Å². The van der Waals surface area contributed by atoms with Crippen LogP contribution in [0.1, 0.15) is 21.5 Å². The predicted octanol–water partition coefficient (Wildman–Crippen LogP) is 2.90. The van der Waals surface area contributed by atoms with Gasteiger partial charge in [0.15, 0.2) is 6.29 Å². The first-order chi connectivity index (χ1) is 7.08. The second kappa shape index (κ2) is 4.66. The minimum atomic E-state index is 0.558. The molecular formula is C11H13BrO3. The third-order valence-electron chi connectivity index (χ3n) is 2.38. The summed E-state index contributed by atoms with van der Waals surface area (Å²) in [4.78, 5) is 11.0. The van der Waals surface area contributed by atoms with Crippen molar-refractivity contribution in [1.29, 1.82) is 0 Å². The molecule has 1 aromatic carbocycles. The van der Waals surface area contributed by atoms with E-state index in [0.29, 0.717) is 17.1 Å². The highest BCUT2D eigenvalue weighted by Gasteiger charge is 2.18. The van der Waals surface area contributed by atoms with Crippen molar-refractivity contribution in [3.05, 3.63) is 21.2 Å². The lowest BCUT2D eigenvalue weighted by Crippen LogP contribution is -2.01. The quantitative estimate of drug-likeness (QED) is 0.794. The normalized spacial score (nSPS) is 9.93. The number of rotatable bonds is 3. The molecule has 0 aromatic heterocycles. The number of aldehydes is 1. The molecule has 1 rings (SSSR count). The highest BCUT2D eigenvalue weighted by molar-refractivity contribution is 9.10. The van der Waals surface area contributed by atoms with E-state index < -0.39 is 0 Å². The van der Waals surface area contributed by atoms with Crippen LogP contribution in [-0.2, 0) is 0 Å². The number of methoxy groups -OCH3 is 2. The van der Waals surface area contributed by atoms with Crippen molar-refractivity contribution in [1.82, 2.24) is 0 Å². The van der Waals surface area contributed by atoms with Crippen LogP contribution in [0.3, 0.4) is 0 Å². The first-order valence-electron chi connectivity index (χ1n) is 4.44. The third-order valence-corrected chi connectivity index (χ3v) is 3.34. The summed E-state index contributed by atoms with van der Waals surface area (Å²) in [5.41, 5.74) is 2.20. The topological polar surface area (TPSA) is 35.5 Å². The Morgan fingerprint density at radius 3 is 2.00 bits per heavy atom. The summed E-state index contributed by atoms with van der Waals surface area (Å²) in [6.07, 6.45) is 0.797. The van der Waals surface area contributed by atoms with Crippen molar-refractivity contribution in [2.75, 3.05) is 14.2 Å². The van der Waals surface area contributed by atoms with Crippen LogP contribution >= 0.6 is 15.9 Å². The van der Waals surface area contributed by atoms with Gasteiger partial charge in [0.1, 0.15) is 11.5 Å². The van der Waals surface area contributed by atoms with Gasteiger partial charge in [-0.1, -0.05) is 0 Å². The summed E-state index contributed by atoms with van der Waals surface area (Å²) in [6, 6.07) is 0. The standard InChI is InChI=1S/C11H13BrO3/c1-6-8(5-13)10(14-3)7(2)11(15-4)9(6)12/h5H,1-4H3. The molecule has 82 valence electrons. The Bertz CT molecular complexity index is 400. The number of benzene rings is 1. The van der Waals surface area contributed by atoms with E-state index in [1.165, 1.54) is 0 Å².